The number of hydrogen-bond acceptors (Lipinski definition) is 2. The van der Waals surface area contributed by atoms with Crippen molar-refractivity contribution < 1.29 is 9.59 Å². The fourth-order valence-electron chi connectivity index (χ4n) is 1.95. The molecule has 0 atom stereocenters. The van der Waals surface area contributed by atoms with E-state index in [1.165, 1.54) is 0 Å². The van der Waals surface area contributed by atoms with Gasteiger partial charge in [-0.3, -0.25) is 4.79 Å². The van der Waals surface area contributed by atoms with Crippen LogP contribution in [-0.4, -0.2) is 70.7 Å². The fraction of sp³-hybridized carbons (Fsp3) is 0.818. The number of piperazine rings is 1. The van der Waals surface area contributed by atoms with Gasteiger partial charge in [0.25, 0.3) is 5.91 Å². The summed E-state index contributed by atoms with van der Waals surface area (Å²) in [5.74, 6) is -0.284. The van der Waals surface area contributed by atoms with Gasteiger partial charge in [-0.15, -0.1) is 0 Å². The molecule has 1 aliphatic heterocycles. The summed E-state index contributed by atoms with van der Waals surface area (Å²) in [4.78, 5) is 27.7. The zero-order valence-corrected chi connectivity index (χ0v) is 12.2. The molecule has 1 heterocycles. The Morgan fingerprint density at radius 3 is 1.89 bits per heavy atom. The molecule has 0 saturated carbocycles. The Kier molecular flexibility index (Phi) is 6.02. The molecule has 0 radical (unpaired) electrons. The SMILES string of the molecule is CCN(CC)C(=O)N1CCN(C(=O)C(Cl)Cl)CC1. The molecule has 0 bridgehead atoms. The number of amides is 3. The van der Waals surface area contributed by atoms with Crippen molar-refractivity contribution in [1.82, 2.24) is 14.7 Å². The van der Waals surface area contributed by atoms with Gasteiger partial charge in [0.05, 0.1) is 0 Å². The van der Waals surface area contributed by atoms with Crippen LogP contribution in [-0.2, 0) is 4.79 Å². The molecule has 5 nitrogen and oxygen atoms in total. The highest BCUT2D eigenvalue weighted by atomic mass is 35.5. The molecular formula is C11H19Cl2N3O2. The first-order chi connectivity index (χ1) is 8.51. The Hall–Kier alpha value is -0.680. The van der Waals surface area contributed by atoms with Gasteiger partial charge < -0.3 is 14.7 Å². The normalized spacial score (nSPS) is 16.1. The van der Waals surface area contributed by atoms with Gasteiger partial charge in [0, 0.05) is 39.3 Å². The van der Waals surface area contributed by atoms with E-state index in [9.17, 15) is 9.59 Å². The lowest BCUT2D eigenvalue weighted by molar-refractivity contribution is -0.130. The predicted octanol–water partition coefficient (Wildman–Crippen LogP) is 1.40. The molecular weight excluding hydrogens is 277 g/mol. The standard InChI is InChI=1S/C11H19Cl2N3O2/c1-3-14(4-2)11(18)16-7-5-15(6-8-16)10(17)9(12)13/h9H,3-8H2,1-2H3. The van der Waals surface area contributed by atoms with Gasteiger partial charge in [-0.1, -0.05) is 23.2 Å². The van der Waals surface area contributed by atoms with Crippen molar-refractivity contribution in [1.29, 1.82) is 0 Å². The first kappa shape index (κ1) is 15.4. The number of halogens is 2. The predicted molar refractivity (Wildman–Crippen MR) is 72.0 cm³/mol. The van der Waals surface area contributed by atoms with Gasteiger partial charge in [-0.2, -0.15) is 0 Å². The Bertz CT molecular complexity index is 301. The van der Waals surface area contributed by atoms with Crippen molar-refractivity contribution in [3.05, 3.63) is 0 Å². The topological polar surface area (TPSA) is 43.9 Å². The van der Waals surface area contributed by atoms with E-state index in [-0.39, 0.29) is 11.9 Å². The molecule has 1 aliphatic rings. The summed E-state index contributed by atoms with van der Waals surface area (Å²) in [6, 6.07) is 0.0281. The molecule has 0 unspecified atom stereocenters. The van der Waals surface area contributed by atoms with Gasteiger partial charge in [-0.25, -0.2) is 4.79 Å². The van der Waals surface area contributed by atoms with E-state index in [0.717, 1.165) is 0 Å². The number of urea groups is 1. The molecule has 1 fully saturated rings. The van der Waals surface area contributed by atoms with Crippen molar-refractivity contribution in [2.75, 3.05) is 39.3 Å². The molecule has 0 aromatic carbocycles. The van der Waals surface area contributed by atoms with Crippen LogP contribution in [0.2, 0.25) is 0 Å². The highest BCUT2D eigenvalue weighted by Crippen LogP contribution is 2.11. The average Bonchev–Trinajstić information content (AvgIpc) is 2.39. The maximum Gasteiger partial charge on any atom is 0.320 e. The van der Waals surface area contributed by atoms with Gasteiger partial charge in [0.2, 0.25) is 0 Å². The zero-order valence-electron chi connectivity index (χ0n) is 10.7. The van der Waals surface area contributed by atoms with Crippen LogP contribution in [0, 0.1) is 0 Å². The van der Waals surface area contributed by atoms with Crippen LogP contribution < -0.4 is 0 Å². The van der Waals surface area contributed by atoms with Crippen molar-refractivity contribution in [2.45, 2.75) is 18.7 Å². The molecule has 0 aromatic heterocycles. The Morgan fingerprint density at radius 2 is 1.50 bits per heavy atom. The quantitative estimate of drug-likeness (QED) is 0.739. The van der Waals surface area contributed by atoms with Gasteiger partial charge in [0.15, 0.2) is 4.84 Å². The van der Waals surface area contributed by atoms with E-state index >= 15 is 0 Å². The number of nitrogens with zero attached hydrogens (tertiary/aromatic N) is 3. The van der Waals surface area contributed by atoms with Crippen LogP contribution in [0.15, 0.2) is 0 Å². The largest absolute Gasteiger partial charge is 0.337 e. The molecule has 104 valence electrons. The molecule has 7 heteroatoms. The van der Waals surface area contributed by atoms with Gasteiger partial charge >= 0.3 is 6.03 Å². The Morgan fingerprint density at radius 1 is 1.06 bits per heavy atom. The first-order valence-electron chi connectivity index (χ1n) is 6.12. The third-order valence-corrected chi connectivity index (χ3v) is 3.46. The lowest BCUT2D eigenvalue weighted by atomic mass is 10.3. The smallest absolute Gasteiger partial charge is 0.320 e. The highest BCUT2D eigenvalue weighted by Gasteiger charge is 2.28. The number of hydrogen-bond donors (Lipinski definition) is 0. The number of rotatable bonds is 3. The second-order valence-electron chi connectivity index (χ2n) is 4.07. The van der Waals surface area contributed by atoms with E-state index in [0.29, 0.717) is 39.3 Å². The van der Waals surface area contributed by atoms with Crippen molar-refractivity contribution in [3.8, 4) is 0 Å². The van der Waals surface area contributed by atoms with E-state index < -0.39 is 4.84 Å². The summed E-state index contributed by atoms with van der Waals surface area (Å²) in [5.41, 5.74) is 0. The monoisotopic (exact) mass is 295 g/mol. The van der Waals surface area contributed by atoms with Gasteiger partial charge in [-0.05, 0) is 13.8 Å². The molecule has 0 aromatic rings. The lowest BCUT2D eigenvalue weighted by Crippen LogP contribution is -2.54. The maximum atomic E-state index is 12.1. The minimum Gasteiger partial charge on any atom is -0.337 e. The molecule has 0 N–H and O–H groups in total. The third-order valence-electron chi connectivity index (χ3n) is 3.08. The second-order valence-corrected chi connectivity index (χ2v) is 5.16. The summed E-state index contributed by atoms with van der Waals surface area (Å²) in [5, 5.41) is 0. The second kappa shape index (κ2) is 7.04. The highest BCUT2D eigenvalue weighted by molar-refractivity contribution is 6.53. The van der Waals surface area contributed by atoms with E-state index in [1.807, 2.05) is 13.8 Å². The van der Waals surface area contributed by atoms with Crippen LogP contribution in [0.3, 0.4) is 0 Å². The number of carbonyl (C=O) groups is 2. The molecule has 3 amide bonds. The number of alkyl halides is 2. The summed E-state index contributed by atoms with van der Waals surface area (Å²) in [7, 11) is 0. The Labute approximate surface area is 118 Å². The summed E-state index contributed by atoms with van der Waals surface area (Å²) in [6.45, 7) is 7.33. The van der Waals surface area contributed by atoms with Crippen molar-refractivity contribution >= 4 is 35.1 Å². The van der Waals surface area contributed by atoms with Crippen LogP contribution in [0.5, 0.6) is 0 Å². The number of carbonyl (C=O) groups excluding carboxylic acids is 2. The van der Waals surface area contributed by atoms with Crippen molar-refractivity contribution in [3.63, 3.8) is 0 Å². The molecule has 0 spiro atoms. The minimum absolute atomic E-state index is 0.0281. The maximum absolute atomic E-state index is 12.1. The van der Waals surface area contributed by atoms with Crippen LogP contribution in [0.1, 0.15) is 13.8 Å². The van der Waals surface area contributed by atoms with E-state index in [1.54, 1.807) is 14.7 Å². The summed E-state index contributed by atoms with van der Waals surface area (Å²) < 4.78 is 0. The molecule has 1 rings (SSSR count). The van der Waals surface area contributed by atoms with Gasteiger partial charge in [0.1, 0.15) is 0 Å². The molecule has 18 heavy (non-hydrogen) atoms. The third kappa shape index (κ3) is 3.65. The van der Waals surface area contributed by atoms with Crippen LogP contribution >= 0.6 is 23.2 Å². The molecule has 0 aliphatic carbocycles. The summed E-state index contributed by atoms with van der Waals surface area (Å²) >= 11 is 11.1. The first-order valence-corrected chi connectivity index (χ1v) is 6.99. The van der Waals surface area contributed by atoms with E-state index in [2.05, 4.69) is 0 Å². The average molecular weight is 296 g/mol. The Balaban J connectivity index is 2.49. The minimum atomic E-state index is -1.02. The molecule has 1 saturated heterocycles. The fourth-order valence-corrected chi connectivity index (χ4v) is 2.23. The van der Waals surface area contributed by atoms with Crippen LogP contribution in [0.4, 0.5) is 4.79 Å². The lowest BCUT2D eigenvalue weighted by Gasteiger charge is -2.37. The van der Waals surface area contributed by atoms with Crippen LogP contribution in [0.25, 0.3) is 0 Å². The van der Waals surface area contributed by atoms with Crippen molar-refractivity contribution in [2.24, 2.45) is 0 Å². The van der Waals surface area contributed by atoms with E-state index in [4.69, 9.17) is 23.2 Å². The zero-order chi connectivity index (χ0) is 13.7. The summed E-state index contributed by atoms with van der Waals surface area (Å²) in [6.07, 6.45) is 0.